The largest absolute Gasteiger partial charge is 0.484 e. The summed E-state index contributed by atoms with van der Waals surface area (Å²) in [6.45, 7) is 11.2. The van der Waals surface area contributed by atoms with Gasteiger partial charge in [-0.15, -0.1) is 0 Å². The highest BCUT2D eigenvalue weighted by Gasteiger charge is 2.28. The van der Waals surface area contributed by atoms with Crippen molar-refractivity contribution in [2.45, 2.75) is 72.4 Å². The highest BCUT2D eigenvalue weighted by molar-refractivity contribution is 5.88. The number of amides is 2. The van der Waals surface area contributed by atoms with E-state index in [2.05, 4.69) is 26.1 Å². The van der Waals surface area contributed by atoms with Gasteiger partial charge in [-0.1, -0.05) is 76.1 Å². The Bertz CT molecular complexity index is 844. The van der Waals surface area contributed by atoms with Gasteiger partial charge in [-0.05, 0) is 48.9 Å². The molecule has 0 fully saturated rings. The van der Waals surface area contributed by atoms with Crippen LogP contribution in [0.15, 0.2) is 48.5 Å². The molecule has 5 heteroatoms. The minimum Gasteiger partial charge on any atom is -0.484 e. The third-order valence-electron chi connectivity index (χ3n) is 5.60. The van der Waals surface area contributed by atoms with Crippen LogP contribution >= 0.6 is 0 Å². The number of carbonyl (C=O) groups is 2. The predicted octanol–water partition coefficient (Wildman–Crippen LogP) is 5.22. The van der Waals surface area contributed by atoms with E-state index in [0.29, 0.717) is 31.2 Å². The average Bonchev–Trinajstić information content (AvgIpc) is 2.79. The molecule has 0 aliphatic rings. The second-order valence-corrected chi connectivity index (χ2v) is 8.59. The Labute approximate surface area is 193 Å². The molecule has 0 unspecified atom stereocenters. The van der Waals surface area contributed by atoms with Gasteiger partial charge in [0.25, 0.3) is 5.91 Å². The van der Waals surface area contributed by atoms with Gasteiger partial charge in [-0.2, -0.15) is 0 Å². The molecule has 5 nitrogen and oxygen atoms in total. The maximum Gasteiger partial charge on any atom is 0.261 e. The van der Waals surface area contributed by atoms with Gasteiger partial charge in [-0.3, -0.25) is 9.59 Å². The number of carbonyl (C=O) groups excluding carboxylic acids is 2. The van der Waals surface area contributed by atoms with E-state index in [1.807, 2.05) is 62.4 Å². The van der Waals surface area contributed by atoms with E-state index in [1.165, 1.54) is 5.56 Å². The Morgan fingerprint density at radius 3 is 2.22 bits per heavy atom. The first-order valence-electron chi connectivity index (χ1n) is 11.7. The molecule has 0 saturated heterocycles. The summed E-state index contributed by atoms with van der Waals surface area (Å²) in [4.78, 5) is 27.7. The normalized spacial score (nSPS) is 11.8. The molecule has 0 aliphatic carbocycles. The molecule has 32 heavy (non-hydrogen) atoms. The zero-order chi connectivity index (χ0) is 23.5. The topological polar surface area (TPSA) is 58.6 Å². The third kappa shape index (κ3) is 7.70. The predicted molar refractivity (Wildman–Crippen MR) is 130 cm³/mol. The number of nitrogens with one attached hydrogen (secondary N) is 1. The van der Waals surface area contributed by atoms with Crippen LogP contribution in [0.1, 0.15) is 69.6 Å². The van der Waals surface area contributed by atoms with E-state index in [1.54, 1.807) is 4.90 Å². The molecule has 2 amide bonds. The van der Waals surface area contributed by atoms with Gasteiger partial charge in [-0.25, -0.2) is 0 Å². The summed E-state index contributed by atoms with van der Waals surface area (Å²) >= 11 is 0. The molecule has 0 radical (unpaired) electrons. The van der Waals surface area contributed by atoms with Gasteiger partial charge >= 0.3 is 0 Å². The standard InChI is InChI=1S/C27H38N2O3/c1-6-8-17-28-27(31)25(7-2)29(18-22-11-9-21(5)10-12-22)26(30)19-32-24-15-13-23(14-16-24)20(3)4/h9-16,20,25H,6-8,17-19H2,1-5H3,(H,28,31)/t25-/m1/s1. The van der Waals surface area contributed by atoms with E-state index in [-0.39, 0.29) is 18.4 Å². The fourth-order valence-electron chi connectivity index (χ4n) is 3.49. The number of rotatable bonds is 12. The molecular formula is C27H38N2O3. The monoisotopic (exact) mass is 438 g/mol. The van der Waals surface area contributed by atoms with Crippen molar-refractivity contribution in [2.24, 2.45) is 0 Å². The Balaban J connectivity index is 2.14. The quantitative estimate of drug-likeness (QED) is 0.462. The van der Waals surface area contributed by atoms with Gasteiger partial charge in [0.05, 0.1) is 0 Å². The van der Waals surface area contributed by atoms with E-state index in [9.17, 15) is 9.59 Å². The Morgan fingerprint density at radius 2 is 1.66 bits per heavy atom. The molecule has 0 aliphatic heterocycles. The molecule has 2 aromatic carbocycles. The number of nitrogens with zero attached hydrogens (tertiary/aromatic N) is 1. The first-order valence-corrected chi connectivity index (χ1v) is 11.7. The molecule has 2 aromatic rings. The lowest BCUT2D eigenvalue weighted by atomic mass is 10.0. The Hall–Kier alpha value is -2.82. The van der Waals surface area contributed by atoms with Crippen LogP contribution in [-0.4, -0.2) is 35.9 Å². The van der Waals surface area contributed by atoms with Crippen molar-refractivity contribution in [1.82, 2.24) is 10.2 Å². The minimum absolute atomic E-state index is 0.106. The van der Waals surface area contributed by atoms with Gasteiger partial charge in [0.1, 0.15) is 11.8 Å². The SMILES string of the molecule is CCCCNC(=O)[C@@H](CC)N(Cc1ccc(C)cc1)C(=O)COc1ccc(C(C)C)cc1. The summed E-state index contributed by atoms with van der Waals surface area (Å²) in [5.41, 5.74) is 3.37. The van der Waals surface area contributed by atoms with E-state index in [4.69, 9.17) is 4.74 Å². The van der Waals surface area contributed by atoms with Crippen molar-refractivity contribution >= 4 is 11.8 Å². The summed E-state index contributed by atoms with van der Waals surface area (Å²) in [5.74, 6) is 0.782. The summed E-state index contributed by atoms with van der Waals surface area (Å²) < 4.78 is 5.79. The first-order chi connectivity index (χ1) is 15.3. The zero-order valence-corrected chi connectivity index (χ0v) is 20.2. The first kappa shape index (κ1) is 25.4. The molecule has 174 valence electrons. The molecular weight excluding hydrogens is 400 g/mol. The second kappa shape index (κ2) is 12.9. The maximum atomic E-state index is 13.2. The smallest absolute Gasteiger partial charge is 0.261 e. The van der Waals surface area contributed by atoms with Gasteiger partial charge in [0, 0.05) is 13.1 Å². The molecule has 0 bridgehead atoms. The van der Waals surface area contributed by atoms with Crippen LogP contribution in [0.25, 0.3) is 0 Å². The lowest BCUT2D eigenvalue weighted by molar-refractivity contribution is -0.143. The van der Waals surface area contributed by atoms with Crippen LogP contribution in [-0.2, 0) is 16.1 Å². The Kier molecular flexibility index (Phi) is 10.3. The molecule has 0 saturated carbocycles. The fourth-order valence-corrected chi connectivity index (χ4v) is 3.49. The number of aryl methyl sites for hydroxylation is 1. The van der Waals surface area contributed by atoms with Gasteiger partial charge < -0.3 is 15.0 Å². The van der Waals surface area contributed by atoms with Gasteiger partial charge in [0.15, 0.2) is 6.61 Å². The van der Waals surface area contributed by atoms with E-state index < -0.39 is 6.04 Å². The summed E-state index contributed by atoms with van der Waals surface area (Å²) in [7, 11) is 0. The van der Waals surface area contributed by atoms with Crippen LogP contribution < -0.4 is 10.1 Å². The summed E-state index contributed by atoms with van der Waals surface area (Å²) in [6.07, 6.45) is 2.47. The molecule has 1 atom stereocenters. The third-order valence-corrected chi connectivity index (χ3v) is 5.60. The van der Waals surface area contributed by atoms with E-state index in [0.717, 1.165) is 24.0 Å². The van der Waals surface area contributed by atoms with Crippen LogP contribution in [0.3, 0.4) is 0 Å². The highest BCUT2D eigenvalue weighted by atomic mass is 16.5. The molecule has 1 N–H and O–H groups in total. The number of ether oxygens (including phenoxy) is 1. The molecule has 0 aromatic heterocycles. The van der Waals surface area contributed by atoms with Crippen molar-refractivity contribution in [2.75, 3.05) is 13.2 Å². The van der Waals surface area contributed by atoms with E-state index >= 15 is 0 Å². The van der Waals surface area contributed by atoms with Crippen LogP contribution in [0.4, 0.5) is 0 Å². The van der Waals surface area contributed by atoms with Crippen molar-refractivity contribution < 1.29 is 14.3 Å². The molecule has 0 heterocycles. The molecule has 0 spiro atoms. The number of benzene rings is 2. The van der Waals surface area contributed by atoms with Crippen molar-refractivity contribution in [3.63, 3.8) is 0 Å². The fraction of sp³-hybridized carbons (Fsp3) is 0.481. The van der Waals surface area contributed by atoms with Gasteiger partial charge in [0.2, 0.25) is 5.91 Å². The summed E-state index contributed by atoms with van der Waals surface area (Å²) in [5, 5.41) is 2.98. The maximum absolute atomic E-state index is 13.2. The zero-order valence-electron chi connectivity index (χ0n) is 20.2. The van der Waals surface area contributed by atoms with Crippen LogP contribution in [0.5, 0.6) is 5.75 Å². The molecule has 2 rings (SSSR count). The number of hydrogen-bond acceptors (Lipinski definition) is 3. The second-order valence-electron chi connectivity index (χ2n) is 8.59. The van der Waals surface area contributed by atoms with Crippen molar-refractivity contribution in [3.8, 4) is 5.75 Å². The highest BCUT2D eigenvalue weighted by Crippen LogP contribution is 2.19. The van der Waals surface area contributed by atoms with Crippen molar-refractivity contribution in [3.05, 3.63) is 65.2 Å². The lowest BCUT2D eigenvalue weighted by Crippen LogP contribution is -2.50. The minimum atomic E-state index is -0.535. The number of hydrogen-bond donors (Lipinski definition) is 1. The Morgan fingerprint density at radius 1 is 1.00 bits per heavy atom. The summed E-state index contributed by atoms with van der Waals surface area (Å²) in [6, 6.07) is 15.3. The average molecular weight is 439 g/mol. The number of unbranched alkanes of at least 4 members (excludes halogenated alkanes) is 1. The lowest BCUT2D eigenvalue weighted by Gasteiger charge is -2.30. The van der Waals surface area contributed by atoms with Crippen LogP contribution in [0.2, 0.25) is 0 Å². The van der Waals surface area contributed by atoms with Crippen molar-refractivity contribution in [1.29, 1.82) is 0 Å². The van der Waals surface area contributed by atoms with Crippen LogP contribution in [0, 0.1) is 6.92 Å².